The molecule has 1 aromatic carbocycles. The predicted molar refractivity (Wildman–Crippen MR) is 88.6 cm³/mol. The van der Waals surface area contributed by atoms with E-state index in [1.54, 1.807) is 6.07 Å². The number of hydrogen-bond donors (Lipinski definition) is 1. The van der Waals surface area contributed by atoms with Crippen LogP contribution in [0.1, 0.15) is 37.0 Å². The smallest absolute Gasteiger partial charge is 0.417 e. The van der Waals surface area contributed by atoms with Crippen LogP contribution in [0.2, 0.25) is 0 Å². The largest absolute Gasteiger partial charge is 0.457 e. The van der Waals surface area contributed by atoms with Crippen molar-refractivity contribution < 1.29 is 22.4 Å². The number of carbonyl (C=O) groups is 1. The van der Waals surface area contributed by atoms with Gasteiger partial charge in [-0.15, -0.1) is 0 Å². The Hall–Kier alpha value is -2.50. The highest BCUT2D eigenvalue weighted by Crippen LogP contribution is 2.37. The van der Waals surface area contributed by atoms with Crippen LogP contribution in [0.4, 0.5) is 13.2 Å². The first-order valence-electron chi connectivity index (χ1n) is 8.18. The van der Waals surface area contributed by atoms with Crippen LogP contribution in [0.5, 0.6) is 0 Å². The normalized spacial score (nSPS) is 15.8. The molecule has 0 bridgehead atoms. The summed E-state index contributed by atoms with van der Waals surface area (Å²) in [6, 6.07) is 8.47. The lowest BCUT2D eigenvalue weighted by molar-refractivity contribution is -0.137. The van der Waals surface area contributed by atoms with Crippen LogP contribution in [-0.4, -0.2) is 11.9 Å². The van der Waals surface area contributed by atoms with Crippen LogP contribution in [0.3, 0.4) is 0 Å². The van der Waals surface area contributed by atoms with E-state index in [4.69, 9.17) is 4.42 Å². The fourth-order valence-electron chi connectivity index (χ4n) is 3.01. The summed E-state index contributed by atoms with van der Waals surface area (Å²) in [5.41, 5.74) is -0.774. The number of nitrogens with one attached hydrogen (secondary N) is 1. The maximum Gasteiger partial charge on any atom is 0.417 e. The minimum atomic E-state index is -4.46. The third kappa shape index (κ3) is 4.32. The molecule has 25 heavy (non-hydrogen) atoms. The van der Waals surface area contributed by atoms with Crippen LogP contribution in [0.15, 0.2) is 46.9 Å². The summed E-state index contributed by atoms with van der Waals surface area (Å²) in [7, 11) is 0. The van der Waals surface area contributed by atoms with Gasteiger partial charge in [0.1, 0.15) is 11.5 Å². The van der Waals surface area contributed by atoms with Crippen LogP contribution in [-0.2, 0) is 11.0 Å². The Morgan fingerprint density at radius 1 is 1.12 bits per heavy atom. The zero-order valence-electron chi connectivity index (χ0n) is 13.5. The molecule has 2 aromatic rings. The first-order valence-corrected chi connectivity index (χ1v) is 8.18. The van der Waals surface area contributed by atoms with Crippen molar-refractivity contribution >= 4 is 12.0 Å². The van der Waals surface area contributed by atoms with Gasteiger partial charge in [-0.2, -0.15) is 13.2 Å². The number of hydrogen-bond acceptors (Lipinski definition) is 2. The third-order valence-electron chi connectivity index (χ3n) is 4.23. The van der Waals surface area contributed by atoms with Crippen molar-refractivity contribution in [2.75, 3.05) is 0 Å². The van der Waals surface area contributed by atoms with Gasteiger partial charge in [0.2, 0.25) is 5.91 Å². The van der Waals surface area contributed by atoms with Crippen molar-refractivity contribution in [2.24, 2.45) is 0 Å². The number of benzene rings is 1. The Morgan fingerprint density at radius 3 is 2.56 bits per heavy atom. The lowest BCUT2D eigenvalue weighted by Gasteiger charge is -2.10. The molecule has 3 rings (SSSR count). The molecule has 1 aromatic heterocycles. The van der Waals surface area contributed by atoms with E-state index in [1.807, 2.05) is 0 Å². The van der Waals surface area contributed by atoms with Gasteiger partial charge in [-0.05, 0) is 37.1 Å². The molecule has 6 heteroatoms. The molecule has 1 amide bonds. The first-order chi connectivity index (χ1) is 11.9. The summed E-state index contributed by atoms with van der Waals surface area (Å²) >= 11 is 0. The number of carbonyl (C=O) groups excluding carboxylic acids is 1. The van der Waals surface area contributed by atoms with Crippen molar-refractivity contribution in [3.05, 3.63) is 53.8 Å². The molecular weight excluding hydrogens is 331 g/mol. The van der Waals surface area contributed by atoms with Crippen molar-refractivity contribution in [3.8, 4) is 11.3 Å². The van der Waals surface area contributed by atoms with Gasteiger partial charge in [-0.1, -0.05) is 31.0 Å². The van der Waals surface area contributed by atoms with E-state index in [0.29, 0.717) is 5.76 Å². The van der Waals surface area contributed by atoms with Crippen LogP contribution >= 0.6 is 0 Å². The van der Waals surface area contributed by atoms with Gasteiger partial charge in [0.05, 0.1) is 5.56 Å². The molecule has 0 atom stereocenters. The van der Waals surface area contributed by atoms with Crippen molar-refractivity contribution in [3.63, 3.8) is 0 Å². The highest BCUT2D eigenvalue weighted by molar-refractivity contribution is 5.91. The van der Waals surface area contributed by atoms with Crippen LogP contribution in [0.25, 0.3) is 17.4 Å². The second-order valence-corrected chi connectivity index (χ2v) is 6.07. The molecular formula is C19H18F3NO2. The van der Waals surface area contributed by atoms with E-state index in [0.717, 1.165) is 31.7 Å². The minimum Gasteiger partial charge on any atom is -0.457 e. The summed E-state index contributed by atoms with van der Waals surface area (Å²) in [4.78, 5) is 11.8. The summed E-state index contributed by atoms with van der Waals surface area (Å²) in [6.07, 6.45) is 2.56. The Bertz CT molecular complexity index is 771. The summed E-state index contributed by atoms with van der Waals surface area (Å²) in [5.74, 6) is 0.220. The molecule has 0 spiro atoms. The Labute approximate surface area is 143 Å². The zero-order chi connectivity index (χ0) is 17.9. The number of alkyl halides is 3. The lowest BCUT2D eigenvalue weighted by atomic mass is 10.1. The maximum atomic E-state index is 13.1. The molecule has 0 unspecified atom stereocenters. The minimum absolute atomic E-state index is 0.0231. The fraction of sp³-hybridized carbons (Fsp3) is 0.316. The summed E-state index contributed by atoms with van der Waals surface area (Å²) < 4.78 is 44.7. The number of rotatable bonds is 4. The van der Waals surface area contributed by atoms with Gasteiger partial charge < -0.3 is 9.73 Å². The monoisotopic (exact) mass is 349 g/mol. The molecule has 1 fully saturated rings. The molecule has 1 saturated carbocycles. The zero-order valence-corrected chi connectivity index (χ0v) is 13.5. The van der Waals surface area contributed by atoms with E-state index >= 15 is 0 Å². The van der Waals surface area contributed by atoms with Gasteiger partial charge in [-0.25, -0.2) is 0 Å². The van der Waals surface area contributed by atoms with Gasteiger partial charge in [0.25, 0.3) is 0 Å². The second kappa shape index (κ2) is 7.17. The molecule has 1 aliphatic rings. The van der Waals surface area contributed by atoms with Gasteiger partial charge in [-0.3, -0.25) is 4.79 Å². The van der Waals surface area contributed by atoms with Crippen molar-refractivity contribution in [2.45, 2.75) is 37.9 Å². The number of halogens is 3. The number of amides is 1. The molecule has 0 radical (unpaired) electrons. The topological polar surface area (TPSA) is 42.2 Å². The second-order valence-electron chi connectivity index (χ2n) is 6.07. The van der Waals surface area contributed by atoms with Crippen molar-refractivity contribution in [1.82, 2.24) is 5.32 Å². The van der Waals surface area contributed by atoms with Gasteiger partial charge >= 0.3 is 6.18 Å². The third-order valence-corrected chi connectivity index (χ3v) is 4.23. The molecule has 1 heterocycles. The van der Waals surface area contributed by atoms with E-state index in [1.165, 1.54) is 36.4 Å². The molecule has 1 N–H and O–H groups in total. The Balaban J connectivity index is 1.73. The molecule has 0 saturated heterocycles. The average Bonchev–Trinajstić information content (AvgIpc) is 3.24. The Morgan fingerprint density at radius 2 is 1.84 bits per heavy atom. The Kier molecular flexibility index (Phi) is 4.97. The lowest BCUT2D eigenvalue weighted by Crippen LogP contribution is -2.30. The quantitative estimate of drug-likeness (QED) is 0.786. The van der Waals surface area contributed by atoms with E-state index in [-0.39, 0.29) is 23.3 Å². The van der Waals surface area contributed by atoms with Gasteiger partial charge in [0, 0.05) is 17.7 Å². The molecule has 0 aliphatic heterocycles. The van der Waals surface area contributed by atoms with Crippen LogP contribution < -0.4 is 5.32 Å². The van der Waals surface area contributed by atoms with E-state index in [2.05, 4.69) is 5.32 Å². The maximum absolute atomic E-state index is 13.1. The summed E-state index contributed by atoms with van der Waals surface area (Å²) in [5, 5.41) is 2.90. The van der Waals surface area contributed by atoms with Crippen molar-refractivity contribution in [1.29, 1.82) is 0 Å². The predicted octanol–water partition coefficient (Wildman–Crippen LogP) is 5.04. The van der Waals surface area contributed by atoms with Gasteiger partial charge in [0.15, 0.2) is 0 Å². The summed E-state index contributed by atoms with van der Waals surface area (Å²) in [6.45, 7) is 0. The first kappa shape index (κ1) is 17.3. The van der Waals surface area contributed by atoms with E-state index in [9.17, 15) is 18.0 Å². The van der Waals surface area contributed by atoms with Crippen LogP contribution in [0, 0.1) is 0 Å². The SMILES string of the molecule is O=C(/C=C/c1ccc(-c2ccccc2C(F)(F)F)o1)NC1CCCC1. The van der Waals surface area contributed by atoms with E-state index < -0.39 is 11.7 Å². The number of furan rings is 1. The fourth-order valence-corrected chi connectivity index (χ4v) is 3.01. The molecule has 3 nitrogen and oxygen atoms in total. The molecule has 1 aliphatic carbocycles. The molecule has 132 valence electrons. The average molecular weight is 349 g/mol. The standard InChI is InChI=1S/C19H18F3NO2/c20-19(21,22)16-8-4-3-7-15(16)17-11-9-14(25-17)10-12-18(24)23-13-5-1-2-6-13/h3-4,7-13H,1-2,5-6H2,(H,23,24)/b12-10+. The highest BCUT2D eigenvalue weighted by atomic mass is 19.4. The highest BCUT2D eigenvalue weighted by Gasteiger charge is 2.34.